The molecular formula is C34H27NS. The topological polar surface area (TPSA) is 4.93 Å². The van der Waals surface area contributed by atoms with Crippen molar-refractivity contribution in [2.45, 2.75) is 38.5 Å². The molecule has 174 valence electrons. The van der Waals surface area contributed by atoms with Gasteiger partial charge < -0.3 is 4.57 Å². The molecule has 36 heavy (non-hydrogen) atoms. The Bertz CT molecular complexity index is 1880. The van der Waals surface area contributed by atoms with Crippen molar-refractivity contribution >= 4 is 32.3 Å². The van der Waals surface area contributed by atoms with E-state index in [0.29, 0.717) is 0 Å². The van der Waals surface area contributed by atoms with Crippen LogP contribution in [0.2, 0.25) is 0 Å². The quantitative estimate of drug-likeness (QED) is 0.220. The van der Waals surface area contributed by atoms with Crippen LogP contribution in [0.4, 0.5) is 0 Å². The number of para-hydroxylation sites is 1. The first-order valence-electron chi connectivity index (χ1n) is 12.8. The van der Waals surface area contributed by atoms with E-state index in [4.69, 9.17) is 0 Å². The molecule has 0 spiro atoms. The van der Waals surface area contributed by atoms with E-state index in [1.165, 1.54) is 70.6 Å². The molecule has 8 rings (SSSR count). The van der Waals surface area contributed by atoms with Crippen molar-refractivity contribution in [3.05, 3.63) is 113 Å². The number of rotatable bonds is 1. The zero-order valence-electron chi connectivity index (χ0n) is 21.0. The zero-order valence-corrected chi connectivity index (χ0v) is 21.8. The summed E-state index contributed by atoms with van der Waals surface area (Å²) in [5, 5.41) is 2.79. The summed E-state index contributed by atoms with van der Waals surface area (Å²) in [6.45, 7) is 9.57. The first kappa shape index (κ1) is 20.6. The molecule has 0 bridgehead atoms. The standard InChI is InChI=1S/C34H27NS/c1-33(2)25-16-10-8-14-21(25)29-27(33)23-18-19-24-28-31(22-15-9-11-17-26(22)34(28,3)4)36-32(24)30(23)35(29)20-12-6-5-7-13-20/h5-19H,1-4H3. The van der Waals surface area contributed by atoms with Gasteiger partial charge in [0.1, 0.15) is 0 Å². The van der Waals surface area contributed by atoms with E-state index >= 15 is 0 Å². The average molecular weight is 482 g/mol. The molecule has 0 N–H and O–H groups in total. The van der Waals surface area contributed by atoms with Crippen LogP contribution in [0, 0.1) is 0 Å². The zero-order chi connectivity index (χ0) is 24.4. The summed E-state index contributed by atoms with van der Waals surface area (Å²) in [4.78, 5) is 1.44. The molecule has 2 aliphatic rings. The Labute approximate surface area is 215 Å². The van der Waals surface area contributed by atoms with Gasteiger partial charge in [-0.15, -0.1) is 11.3 Å². The summed E-state index contributed by atoms with van der Waals surface area (Å²) < 4.78 is 3.97. The third kappa shape index (κ3) is 2.27. The third-order valence-corrected chi connectivity index (χ3v) is 10.00. The second-order valence-corrected chi connectivity index (χ2v) is 12.4. The number of hydrogen-bond acceptors (Lipinski definition) is 1. The Balaban J connectivity index is 1.59. The van der Waals surface area contributed by atoms with Crippen molar-refractivity contribution in [2.75, 3.05) is 0 Å². The lowest BCUT2D eigenvalue weighted by molar-refractivity contribution is 0.666. The van der Waals surface area contributed by atoms with E-state index < -0.39 is 0 Å². The van der Waals surface area contributed by atoms with E-state index in [1.54, 1.807) is 0 Å². The molecule has 0 unspecified atom stereocenters. The fourth-order valence-electron chi connectivity index (χ4n) is 7.18. The van der Waals surface area contributed by atoms with E-state index in [-0.39, 0.29) is 10.8 Å². The smallest absolute Gasteiger partial charge is 0.0716 e. The van der Waals surface area contributed by atoms with Crippen molar-refractivity contribution in [3.8, 4) is 27.4 Å². The molecule has 0 amide bonds. The summed E-state index contributed by atoms with van der Waals surface area (Å²) in [5.74, 6) is 0. The molecule has 2 heterocycles. The second-order valence-electron chi connectivity index (χ2n) is 11.4. The minimum Gasteiger partial charge on any atom is -0.307 e. The first-order chi connectivity index (χ1) is 17.4. The molecule has 0 radical (unpaired) electrons. The molecule has 2 aromatic heterocycles. The molecule has 6 aromatic rings. The van der Waals surface area contributed by atoms with Gasteiger partial charge in [0, 0.05) is 32.3 Å². The summed E-state index contributed by atoms with van der Waals surface area (Å²) in [5.41, 5.74) is 12.5. The second kappa shape index (κ2) is 6.57. The van der Waals surface area contributed by atoms with Gasteiger partial charge in [0.15, 0.2) is 0 Å². The Morgan fingerprint density at radius 1 is 0.583 bits per heavy atom. The van der Waals surface area contributed by atoms with Gasteiger partial charge in [0.25, 0.3) is 0 Å². The minimum atomic E-state index is -0.0518. The molecule has 1 nitrogen and oxygen atoms in total. The number of benzene rings is 4. The van der Waals surface area contributed by atoms with Crippen LogP contribution < -0.4 is 0 Å². The summed E-state index contributed by atoms with van der Waals surface area (Å²) in [6.07, 6.45) is 0. The fourth-order valence-corrected chi connectivity index (χ4v) is 8.72. The third-order valence-electron chi connectivity index (χ3n) is 8.75. The number of thiophene rings is 1. The highest BCUT2D eigenvalue weighted by Crippen LogP contribution is 2.59. The monoisotopic (exact) mass is 481 g/mol. The van der Waals surface area contributed by atoms with Crippen LogP contribution in [0.25, 0.3) is 48.4 Å². The number of nitrogens with zero attached hydrogens (tertiary/aromatic N) is 1. The highest BCUT2D eigenvalue weighted by Gasteiger charge is 2.43. The predicted molar refractivity (Wildman–Crippen MR) is 154 cm³/mol. The van der Waals surface area contributed by atoms with Gasteiger partial charge in [0.05, 0.1) is 15.9 Å². The summed E-state index contributed by atoms with van der Waals surface area (Å²) >= 11 is 1.99. The van der Waals surface area contributed by atoms with Gasteiger partial charge in [0.2, 0.25) is 0 Å². The van der Waals surface area contributed by atoms with Crippen molar-refractivity contribution in [1.29, 1.82) is 0 Å². The van der Waals surface area contributed by atoms with Crippen molar-refractivity contribution in [1.82, 2.24) is 4.57 Å². The van der Waals surface area contributed by atoms with E-state index in [9.17, 15) is 0 Å². The van der Waals surface area contributed by atoms with Crippen molar-refractivity contribution in [2.24, 2.45) is 0 Å². The fraction of sp³-hybridized carbons (Fsp3) is 0.176. The highest BCUT2D eigenvalue weighted by molar-refractivity contribution is 7.23. The molecule has 0 fully saturated rings. The van der Waals surface area contributed by atoms with Crippen LogP contribution in [-0.4, -0.2) is 4.57 Å². The van der Waals surface area contributed by atoms with Gasteiger partial charge in [-0.3, -0.25) is 0 Å². The van der Waals surface area contributed by atoms with Crippen LogP contribution in [0.5, 0.6) is 0 Å². The molecule has 0 saturated carbocycles. The molecular weight excluding hydrogens is 454 g/mol. The maximum atomic E-state index is 2.56. The van der Waals surface area contributed by atoms with Gasteiger partial charge in [-0.1, -0.05) is 107 Å². The van der Waals surface area contributed by atoms with E-state index in [2.05, 4.69) is 123 Å². The van der Waals surface area contributed by atoms with Crippen molar-refractivity contribution < 1.29 is 0 Å². The molecule has 0 atom stereocenters. The number of hydrogen-bond donors (Lipinski definition) is 0. The average Bonchev–Trinajstić information content (AvgIpc) is 3.57. The number of fused-ring (bicyclic) bond motifs is 11. The Kier molecular flexibility index (Phi) is 3.75. The van der Waals surface area contributed by atoms with Gasteiger partial charge in [-0.05, 0) is 45.3 Å². The van der Waals surface area contributed by atoms with Gasteiger partial charge >= 0.3 is 0 Å². The summed E-state index contributed by atoms with van der Waals surface area (Å²) in [6, 6.07) is 33.8. The minimum absolute atomic E-state index is 0.00335. The van der Waals surface area contributed by atoms with E-state index in [0.717, 1.165) is 0 Å². The largest absolute Gasteiger partial charge is 0.307 e. The highest BCUT2D eigenvalue weighted by atomic mass is 32.1. The Hall–Kier alpha value is -3.62. The van der Waals surface area contributed by atoms with E-state index in [1.807, 2.05) is 11.3 Å². The molecule has 2 heteroatoms. The lowest BCUT2D eigenvalue weighted by Crippen LogP contribution is -2.15. The van der Waals surface area contributed by atoms with Crippen LogP contribution in [0.3, 0.4) is 0 Å². The number of aromatic nitrogens is 1. The molecule has 0 saturated heterocycles. The van der Waals surface area contributed by atoms with Gasteiger partial charge in [-0.2, -0.15) is 0 Å². The lowest BCUT2D eigenvalue weighted by atomic mass is 9.80. The SMILES string of the molecule is CC1(C)c2ccccc2-c2sc3c(ccc4c5c(n(-c6ccccc6)c43)-c3ccccc3C5(C)C)c21. The van der Waals surface area contributed by atoms with Crippen LogP contribution in [-0.2, 0) is 10.8 Å². The maximum Gasteiger partial charge on any atom is 0.0716 e. The molecule has 2 aliphatic carbocycles. The predicted octanol–water partition coefficient (Wildman–Crippen LogP) is 9.46. The Morgan fingerprint density at radius 2 is 1.17 bits per heavy atom. The van der Waals surface area contributed by atoms with Crippen LogP contribution in [0.15, 0.2) is 91.0 Å². The normalized spacial score (nSPS) is 16.2. The van der Waals surface area contributed by atoms with Crippen LogP contribution in [0.1, 0.15) is 49.9 Å². The Morgan fingerprint density at radius 3 is 1.92 bits per heavy atom. The summed E-state index contributed by atoms with van der Waals surface area (Å²) in [7, 11) is 0. The lowest BCUT2D eigenvalue weighted by Gasteiger charge is -2.22. The van der Waals surface area contributed by atoms with Crippen LogP contribution >= 0.6 is 11.3 Å². The van der Waals surface area contributed by atoms with Crippen molar-refractivity contribution in [3.63, 3.8) is 0 Å². The maximum absolute atomic E-state index is 2.56. The first-order valence-corrected chi connectivity index (χ1v) is 13.6. The molecule has 4 aromatic carbocycles. The molecule has 0 aliphatic heterocycles. The van der Waals surface area contributed by atoms with Gasteiger partial charge in [-0.25, -0.2) is 0 Å².